The Labute approximate surface area is 204 Å². The molecule has 0 radical (unpaired) electrons. The fourth-order valence-corrected chi connectivity index (χ4v) is 4.39. The first-order chi connectivity index (χ1) is 16.3. The normalized spacial score (nSPS) is 15.2. The minimum Gasteiger partial charge on any atom is -0.488 e. The van der Waals surface area contributed by atoms with Gasteiger partial charge in [0, 0.05) is 40.5 Å². The monoisotopic (exact) mass is 475 g/mol. The SMILES string of the molecule is CN1C(=CC(=O)COC(=O)c2ccccc2OCc2ccccc2Cl)C(C)(C)c2ccccc21. The molecule has 174 valence electrons. The van der Waals surface area contributed by atoms with Gasteiger partial charge >= 0.3 is 5.97 Å². The van der Waals surface area contributed by atoms with Gasteiger partial charge in [0.05, 0.1) is 0 Å². The van der Waals surface area contributed by atoms with E-state index >= 15 is 0 Å². The van der Waals surface area contributed by atoms with Crippen LogP contribution in [0.4, 0.5) is 5.69 Å². The van der Waals surface area contributed by atoms with Crippen LogP contribution >= 0.6 is 11.6 Å². The van der Waals surface area contributed by atoms with Crippen LogP contribution in [0, 0.1) is 0 Å². The Bertz CT molecular complexity index is 1260. The van der Waals surface area contributed by atoms with Crippen molar-refractivity contribution in [2.24, 2.45) is 0 Å². The predicted molar refractivity (Wildman–Crippen MR) is 133 cm³/mol. The number of anilines is 1. The Morgan fingerprint density at radius 3 is 2.41 bits per heavy atom. The third-order valence-corrected chi connectivity index (χ3v) is 6.40. The number of hydrogen-bond acceptors (Lipinski definition) is 5. The Morgan fingerprint density at radius 2 is 1.65 bits per heavy atom. The summed E-state index contributed by atoms with van der Waals surface area (Å²) in [5.74, 6) is -0.542. The highest BCUT2D eigenvalue weighted by molar-refractivity contribution is 6.31. The van der Waals surface area contributed by atoms with Gasteiger partial charge in [0.25, 0.3) is 0 Å². The van der Waals surface area contributed by atoms with Gasteiger partial charge in [0.2, 0.25) is 0 Å². The van der Waals surface area contributed by atoms with E-state index < -0.39 is 5.97 Å². The molecule has 5 nitrogen and oxygen atoms in total. The molecule has 0 bridgehead atoms. The number of rotatable bonds is 7. The predicted octanol–water partition coefficient (Wildman–Crippen LogP) is 5.96. The van der Waals surface area contributed by atoms with Crippen LogP contribution in [0.1, 0.15) is 35.3 Å². The summed E-state index contributed by atoms with van der Waals surface area (Å²) < 4.78 is 11.2. The van der Waals surface area contributed by atoms with Crippen molar-refractivity contribution in [1.82, 2.24) is 0 Å². The second kappa shape index (κ2) is 9.74. The van der Waals surface area contributed by atoms with Crippen LogP contribution in [-0.2, 0) is 21.6 Å². The molecule has 0 spiro atoms. The summed E-state index contributed by atoms with van der Waals surface area (Å²) in [6, 6.07) is 22.2. The molecule has 3 aromatic rings. The molecule has 0 amide bonds. The van der Waals surface area contributed by atoms with E-state index in [0.29, 0.717) is 10.8 Å². The van der Waals surface area contributed by atoms with Gasteiger partial charge in [-0.3, -0.25) is 4.79 Å². The molecule has 1 aliphatic rings. The van der Waals surface area contributed by atoms with Crippen LogP contribution < -0.4 is 9.64 Å². The summed E-state index contributed by atoms with van der Waals surface area (Å²) in [7, 11) is 1.94. The highest BCUT2D eigenvalue weighted by Gasteiger charge is 2.38. The first-order valence-corrected chi connectivity index (χ1v) is 11.4. The van der Waals surface area contributed by atoms with Crippen molar-refractivity contribution in [3.63, 3.8) is 0 Å². The van der Waals surface area contributed by atoms with E-state index in [4.69, 9.17) is 21.1 Å². The van der Waals surface area contributed by atoms with Crippen molar-refractivity contribution in [3.8, 4) is 5.75 Å². The van der Waals surface area contributed by atoms with Crippen LogP contribution in [0.3, 0.4) is 0 Å². The van der Waals surface area contributed by atoms with E-state index in [2.05, 4.69) is 19.9 Å². The molecule has 0 N–H and O–H groups in total. The van der Waals surface area contributed by atoms with Gasteiger partial charge in [0.1, 0.15) is 17.9 Å². The molecule has 4 rings (SSSR count). The van der Waals surface area contributed by atoms with Crippen LogP contribution in [0.25, 0.3) is 0 Å². The van der Waals surface area contributed by atoms with Crippen LogP contribution in [0.5, 0.6) is 5.75 Å². The van der Waals surface area contributed by atoms with E-state index in [1.807, 2.05) is 48.3 Å². The van der Waals surface area contributed by atoms with Crippen LogP contribution in [0.15, 0.2) is 84.6 Å². The average molecular weight is 476 g/mol. The van der Waals surface area contributed by atoms with Crippen molar-refractivity contribution in [3.05, 3.63) is 106 Å². The summed E-state index contributed by atoms with van der Waals surface area (Å²) >= 11 is 6.19. The van der Waals surface area contributed by atoms with Gasteiger partial charge < -0.3 is 14.4 Å². The maximum Gasteiger partial charge on any atom is 0.342 e. The summed E-state index contributed by atoms with van der Waals surface area (Å²) in [5.41, 5.74) is 3.80. The van der Waals surface area contributed by atoms with Crippen LogP contribution in [-0.4, -0.2) is 25.4 Å². The summed E-state index contributed by atoms with van der Waals surface area (Å²) in [5, 5.41) is 0.586. The maximum absolute atomic E-state index is 12.7. The minimum atomic E-state index is -0.621. The molecule has 0 unspecified atom stereocenters. The molecule has 1 heterocycles. The highest BCUT2D eigenvalue weighted by Crippen LogP contribution is 2.46. The van der Waals surface area contributed by atoms with Gasteiger partial charge in [-0.1, -0.05) is 74.0 Å². The highest BCUT2D eigenvalue weighted by atomic mass is 35.5. The van der Waals surface area contributed by atoms with Crippen molar-refractivity contribution in [2.75, 3.05) is 18.6 Å². The third kappa shape index (κ3) is 4.70. The second-order valence-corrected chi connectivity index (χ2v) is 9.06. The Kier molecular flexibility index (Phi) is 6.75. The third-order valence-electron chi connectivity index (χ3n) is 6.03. The molecule has 34 heavy (non-hydrogen) atoms. The number of para-hydroxylation sites is 2. The Morgan fingerprint density at radius 1 is 0.971 bits per heavy atom. The quantitative estimate of drug-likeness (QED) is 0.312. The van der Waals surface area contributed by atoms with Gasteiger partial charge in [0.15, 0.2) is 12.4 Å². The summed E-state index contributed by atoms with van der Waals surface area (Å²) in [6.07, 6.45) is 1.56. The van der Waals surface area contributed by atoms with Crippen molar-refractivity contribution >= 4 is 29.0 Å². The Balaban J connectivity index is 1.43. The second-order valence-electron chi connectivity index (χ2n) is 8.65. The molecular weight excluding hydrogens is 450 g/mol. The minimum absolute atomic E-state index is 0.205. The van der Waals surface area contributed by atoms with Crippen molar-refractivity contribution in [2.45, 2.75) is 25.9 Å². The first-order valence-electron chi connectivity index (χ1n) is 11.0. The number of allylic oxidation sites excluding steroid dienone is 1. The van der Waals surface area contributed by atoms with Crippen molar-refractivity contribution in [1.29, 1.82) is 0 Å². The fourth-order valence-electron chi connectivity index (χ4n) is 4.20. The molecule has 0 aromatic heterocycles. The number of hydrogen-bond donors (Lipinski definition) is 0. The smallest absolute Gasteiger partial charge is 0.342 e. The van der Waals surface area contributed by atoms with Crippen molar-refractivity contribution < 1.29 is 19.1 Å². The topological polar surface area (TPSA) is 55.8 Å². The van der Waals surface area contributed by atoms with Crippen LogP contribution in [0.2, 0.25) is 5.02 Å². The van der Waals surface area contributed by atoms with Gasteiger partial charge in [-0.15, -0.1) is 0 Å². The summed E-state index contributed by atoms with van der Waals surface area (Å²) in [4.78, 5) is 27.5. The molecule has 0 saturated carbocycles. The van der Waals surface area contributed by atoms with E-state index in [9.17, 15) is 9.59 Å². The van der Waals surface area contributed by atoms with Gasteiger partial charge in [-0.05, 0) is 29.8 Å². The lowest BCUT2D eigenvalue weighted by Gasteiger charge is -2.23. The molecule has 6 heteroatoms. The lowest BCUT2D eigenvalue weighted by atomic mass is 9.83. The zero-order chi connectivity index (χ0) is 24.3. The van der Waals surface area contributed by atoms with E-state index in [-0.39, 0.29) is 30.0 Å². The van der Waals surface area contributed by atoms with E-state index in [1.165, 1.54) is 0 Å². The lowest BCUT2D eigenvalue weighted by Crippen LogP contribution is -2.25. The number of likely N-dealkylation sites (N-methyl/N-ethyl adjacent to an activating group) is 1. The first kappa shape index (κ1) is 23.6. The number of carbonyl (C=O) groups is 2. The number of nitrogens with zero attached hydrogens (tertiary/aromatic N) is 1. The number of benzene rings is 3. The molecule has 1 aliphatic heterocycles. The number of esters is 1. The maximum atomic E-state index is 12.7. The zero-order valence-corrected chi connectivity index (χ0v) is 20.1. The van der Waals surface area contributed by atoms with Gasteiger partial charge in [-0.2, -0.15) is 0 Å². The molecular formula is C28H26ClNO4. The molecule has 0 saturated heterocycles. The van der Waals surface area contributed by atoms with Gasteiger partial charge in [-0.25, -0.2) is 4.79 Å². The van der Waals surface area contributed by atoms with E-state index in [1.54, 1.807) is 36.4 Å². The standard InChI is InChI=1S/C28H26ClNO4/c1-28(2)22-12-6-8-14-24(22)30(3)26(28)16-20(31)18-34-27(32)21-11-5-9-15-25(21)33-17-19-10-4-7-13-23(19)29/h4-16H,17-18H2,1-3H3. The largest absolute Gasteiger partial charge is 0.488 e. The number of carbonyl (C=O) groups excluding carboxylic acids is 2. The van der Waals surface area contributed by atoms with E-state index in [0.717, 1.165) is 22.5 Å². The molecule has 0 atom stereocenters. The zero-order valence-electron chi connectivity index (χ0n) is 19.4. The number of ketones is 1. The molecule has 0 fully saturated rings. The fraction of sp³-hybridized carbons (Fsp3) is 0.214. The lowest BCUT2D eigenvalue weighted by molar-refractivity contribution is -0.117. The number of ether oxygens (including phenoxy) is 2. The average Bonchev–Trinajstić information content (AvgIpc) is 3.03. The number of halogens is 1. The molecule has 3 aromatic carbocycles. The Hall–Kier alpha value is -3.57. The molecule has 0 aliphatic carbocycles. The summed E-state index contributed by atoms with van der Waals surface area (Å²) in [6.45, 7) is 4.00. The number of fused-ring (bicyclic) bond motifs is 1.